The van der Waals surface area contributed by atoms with Gasteiger partial charge in [0.2, 0.25) is 0 Å². The Bertz CT molecular complexity index is 923. The van der Waals surface area contributed by atoms with Crippen molar-refractivity contribution >= 4 is 11.9 Å². The SMILES string of the molecule is O=C(O)c1cccc(-c2cc(-c3ccncc3)ccn2)c1C(=O)O. The molecule has 0 saturated heterocycles. The molecule has 118 valence electrons. The molecule has 0 saturated carbocycles. The third-order valence-electron chi connectivity index (χ3n) is 3.56. The second-order valence-corrected chi connectivity index (χ2v) is 5.00. The molecule has 0 fully saturated rings. The van der Waals surface area contributed by atoms with Gasteiger partial charge in [0.25, 0.3) is 0 Å². The van der Waals surface area contributed by atoms with Crippen LogP contribution in [0.2, 0.25) is 0 Å². The van der Waals surface area contributed by atoms with E-state index in [-0.39, 0.29) is 16.7 Å². The molecule has 2 heterocycles. The first kappa shape index (κ1) is 15.4. The fourth-order valence-corrected chi connectivity index (χ4v) is 2.48. The Balaban J connectivity index is 2.19. The van der Waals surface area contributed by atoms with Gasteiger partial charge in [0.05, 0.1) is 16.8 Å². The zero-order valence-electron chi connectivity index (χ0n) is 12.4. The van der Waals surface area contributed by atoms with Gasteiger partial charge in [-0.3, -0.25) is 9.97 Å². The van der Waals surface area contributed by atoms with Crippen LogP contribution in [0.3, 0.4) is 0 Å². The number of aromatic carboxylic acids is 2. The van der Waals surface area contributed by atoms with Crippen LogP contribution in [-0.2, 0) is 0 Å². The molecular formula is C18H12N2O4. The summed E-state index contributed by atoms with van der Waals surface area (Å²) in [5.74, 6) is -2.60. The maximum absolute atomic E-state index is 11.6. The number of hydrogen-bond donors (Lipinski definition) is 2. The number of carboxylic acid groups (broad SMARTS) is 2. The van der Waals surface area contributed by atoms with Gasteiger partial charge in [-0.05, 0) is 41.5 Å². The number of pyridine rings is 2. The molecule has 1 aromatic carbocycles. The molecule has 0 aliphatic carbocycles. The molecule has 2 aromatic heterocycles. The predicted octanol–water partition coefficient (Wildman–Crippen LogP) is 3.21. The van der Waals surface area contributed by atoms with Crippen molar-refractivity contribution in [2.45, 2.75) is 0 Å². The molecule has 3 rings (SSSR count). The Kier molecular flexibility index (Phi) is 4.03. The molecule has 24 heavy (non-hydrogen) atoms. The Morgan fingerprint density at radius 1 is 0.833 bits per heavy atom. The van der Waals surface area contributed by atoms with Gasteiger partial charge < -0.3 is 10.2 Å². The molecule has 0 aliphatic heterocycles. The minimum atomic E-state index is -1.31. The van der Waals surface area contributed by atoms with Crippen molar-refractivity contribution < 1.29 is 19.8 Å². The average molecular weight is 320 g/mol. The van der Waals surface area contributed by atoms with Crippen molar-refractivity contribution in [3.05, 3.63) is 72.2 Å². The average Bonchev–Trinajstić information content (AvgIpc) is 2.61. The Morgan fingerprint density at radius 3 is 2.21 bits per heavy atom. The highest BCUT2D eigenvalue weighted by molar-refractivity contribution is 6.06. The van der Waals surface area contributed by atoms with Crippen LogP contribution in [0.15, 0.2) is 61.1 Å². The van der Waals surface area contributed by atoms with Crippen LogP contribution >= 0.6 is 0 Å². The maximum atomic E-state index is 11.6. The van der Waals surface area contributed by atoms with E-state index in [9.17, 15) is 19.8 Å². The third kappa shape index (κ3) is 2.85. The fraction of sp³-hybridized carbons (Fsp3) is 0. The van der Waals surface area contributed by atoms with Gasteiger partial charge in [0.1, 0.15) is 0 Å². The zero-order valence-corrected chi connectivity index (χ0v) is 12.4. The summed E-state index contributed by atoms with van der Waals surface area (Å²) in [7, 11) is 0. The molecule has 0 unspecified atom stereocenters. The minimum absolute atomic E-state index is 0.262. The fourth-order valence-electron chi connectivity index (χ4n) is 2.48. The summed E-state index contributed by atoms with van der Waals surface area (Å²) in [6.07, 6.45) is 4.87. The Morgan fingerprint density at radius 2 is 1.54 bits per heavy atom. The molecule has 0 atom stereocenters. The highest BCUT2D eigenvalue weighted by atomic mass is 16.4. The summed E-state index contributed by atoms with van der Waals surface area (Å²) in [4.78, 5) is 31.1. The number of rotatable bonds is 4. The second-order valence-electron chi connectivity index (χ2n) is 5.00. The van der Waals surface area contributed by atoms with Crippen LogP contribution in [0.1, 0.15) is 20.7 Å². The molecule has 3 aromatic rings. The van der Waals surface area contributed by atoms with E-state index >= 15 is 0 Å². The van der Waals surface area contributed by atoms with Crippen LogP contribution < -0.4 is 0 Å². The molecule has 2 N–H and O–H groups in total. The maximum Gasteiger partial charge on any atom is 0.337 e. The van der Waals surface area contributed by atoms with Crippen molar-refractivity contribution in [2.75, 3.05) is 0 Å². The highest BCUT2D eigenvalue weighted by Gasteiger charge is 2.21. The lowest BCUT2D eigenvalue weighted by Crippen LogP contribution is -2.10. The van der Waals surface area contributed by atoms with E-state index in [0.717, 1.165) is 11.1 Å². The second kappa shape index (κ2) is 6.29. The lowest BCUT2D eigenvalue weighted by molar-refractivity contribution is 0.0652. The molecule has 6 heteroatoms. The minimum Gasteiger partial charge on any atom is -0.478 e. The first-order chi connectivity index (χ1) is 11.6. The van der Waals surface area contributed by atoms with Crippen molar-refractivity contribution in [2.24, 2.45) is 0 Å². The van der Waals surface area contributed by atoms with E-state index in [0.29, 0.717) is 5.69 Å². The van der Waals surface area contributed by atoms with Crippen molar-refractivity contribution in [3.63, 3.8) is 0 Å². The van der Waals surface area contributed by atoms with E-state index in [1.807, 2.05) is 12.1 Å². The summed E-state index contributed by atoms with van der Waals surface area (Å²) < 4.78 is 0. The number of nitrogens with zero attached hydrogens (tertiary/aromatic N) is 2. The normalized spacial score (nSPS) is 10.3. The van der Waals surface area contributed by atoms with E-state index < -0.39 is 11.9 Å². The predicted molar refractivity (Wildman–Crippen MR) is 86.8 cm³/mol. The Labute approximate surface area is 137 Å². The van der Waals surface area contributed by atoms with Gasteiger partial charge in [-0.2, -0.15) is 0 Å². The van der Waals surface area contributed by atoms with E-state index in [4.69, 9.17) is 0 Å². The number of aromatic nitrogens is 2. The number of carboxylic acids is 2. The zero-order chi connectivity index (χ0) is 17.1. The van der Waals surface area contributed by atoms with E-state index in [1.54, 1.807) is 36.8 Å². The smallest absolute Gasteiger partial charge is 0.337 e. The molecule has 0 bridgehead atoms. The standard InChI is InChI=1S/C18H12N2O4/c21-17(22)14-3-1-2-13(16(14)18(23)24)15-10-12(6-9-20-15)11-4-7-19-8-5-11/h1-10H,(H,21,22)(H,23,24). The quantitative estimate of drug-likeness (QED) is 0.765. The van der Waals surface area contributed by atoms with Crippen molar-refractivity contribution in [1.29, 1.82) is 0 Å². The lowest BCUT2D eigenvalue weighted by atomic mass is 9.96. The van der Waals surface area contributed by atoms with Crippen LogP contribution in [0.4, 0.5) is 0 Å². The lowest BCUT2D eigenvalue weighted by Gasteiger charge is -2.10. The van der Waals surface area contributed by atoms with Crippen LogP contribution in [0, 0.1) is 0 Å². The van der Waals surface area contributed by atoms with Crippen LogP contribution in [-0.4, -0.2) is 32.1 Å². The molecular weight excluding hydrogens is 308 g/mol. The molecule has 6 nitrogen and oxygen atoms in total. The number of benzene rings is 1. The van der Waals surface area contributed by atoms with E-state index in [1.165, 1.54) is 12.1 Å². The highest BCUT2D eigenvalue weighted by Crippen LogP contribution is 2.28. The number of carbonyl (C=O) groups is 2. The summed E-state index contributed by atoms with van der Waals surface area (Å²) in [5, 5.41) is 18.7. The van der Waals surface area contributed by atoms with Gasteiger partial charge >= 0.3 is 11.9 Å². The molecule has 0 radical (unpaired) electrons. The van der Waals surface area contributed by atoms with Crippen molar-refractivity contribution in [3.8, 4) is 22.4 Å². The molecule has 0 aliphatic rings. The van der Waals surface area contributed by atoms with Gasteiger partial charge in [-0.15, -0.1) is 0 Å². The van der Waals surface area contributed by atoms with Gasteiger partial charge in [-0.1, -0.05) is 12.1 Å². The summed E-state index contributed by atoms with van der Waals surface area (Å²) in [6.45, 7) is 0. The van der Waals surface area contributed by atoms with Crippen LogP contribution in [0.25, 0.3) is 22.4 Å². The topological polar surface area (TPSA) is 100 Å². The third-order valence-corrected chi connectivity index (χ3v) is 3.56. The summed E-state index contributed by atoms with van der Waals surface area (Å²) in [5.41, 5.74) is 1.85. The van der Waals surface area contributed by atoms with Gasteiger partial charge in [0, 0.05) is 24.2 Å². The largest absolute Gasteiger partial charge is 0.478 e. The monoisotopic (exact) mass is 320 g/mol. The van der Waals surface area contributed by atoms with Gasteiger partial charge in [0.15, 0.2) is 0 Å². The molecule has 0 spiro atoms. The van der Waals surface area contributed by atoms with E-state index in [2.05, 4.69) is 9.97 Å². The van der Waals surface area contributed by atoms with Crippen LogP contribution in [0.5, 0.6) is 0 Å². The summed E-state index contributed by atoms with van der Waals surface area (Å²) >= 11 is 0. The first-order valence-electron chi connectivity index (χ1n) is 7.04. The molecule has 0 amide bonds. The van der Waals surface area contributed by atoms with Crippen molar-refractivity contribution in [1.82, 2.24) is 9.97 Å². The van der Waals surface area contributed by atoms with Gasteiger partial charge in [-0.25, -0.2) is 9.59 Å². The summed E-state index contributed by atoms with van der Waals surface area (Å²) in [6, 6.07) is 11.5. The first-order valence-corrected chi connectivity index (χ1v) is 7.04. The Hall–Kier alpha value is -3.54. The number of hydrogen-bond acceptors (Lipinski definition) is 4.